The Balaban J connectivity index is 1.60. The van der Waals surface area contributed by atoms with Crippen molar-refractivity contribution >= 4 is 33.0 Å². The molecule has 0 saturated carbocycles. The number of anilines is 2. The third-order valence-corrected chi connectivity index (χ3v) is 6.20. The summed E-state index contributed by atoms with van der Waals surface area (Å²) in [6, 6.07) is 9.13. The van der Waals surface area contributed by atoms with Gasteiger partial charge in [-0.05, 0) is 37.3 Å². The topological polar surface area (TPSA) is 79.6 Å². The largest absolute Gasteiger partial charge is 0.335 e. The lowest BCUT2D eigenvalue weighted by Gasteiger charge is -2.23. The number of hydrogen-bond donors (Lipinski definition) is 1. The molecule has 1 atom stereocenters. The first-order valence-corrected chi connectivity index (χ1v) is 11.0. The van der Waals surface area contributed by atoms with Crippen molar-refractivity contribution in [3.63, 3.8) is 0 Å². The molecule has 0 bridgehead atoms. The minimum absolute atomic E-state index is 0.0327. The minimum atomic E-state index is -0.300. The predicted octanol–water partition coefficient (Wildman–Crippen LogP) is 3.27. The van der Waals surface area contributed by atoms with Crippen LogP contribution < -0.4 is 15.8 Å². The summed E-state index contributed by atoms with van der Waals surface area (Å²) in [6.07, 6.45) is 4.23. The Kier molecular flexibility index (Phi) is 5.62. The Morgan fingerprint density at radius 3 is 2.93 bits per heavy atom. The molecule has 1 N–H and O–H groups in total. The van der Waals surface area contributed by atoms with Crippen molar-refractivity contribution in [2.45, 2.75) is 52.0 Å². The van der Waals surface area contributed by atoms with Crippen molar-refractivity contribution in [2.24, 2.45) is 0 Å². The van der Waals surface area contributed by atoms with Crippen LogP contribution in [0.4, 0.5) is 10.8 Å². The van der Waals surface area contributed by atoms with Gasteiger partial charge in [0.2, 0.25) is 16.0 Å². The van der Waals surface area contributed by atoms with Gasteiger partial charge in [-0.15, -0.1) is 5.10 Å². The average molecular weight is 412 g/mol. The molecule has 3 aromatic rings. The number of carbonyl (C=O) groups excluding carboxylic acids is 1. The normalized spacial score (nSPS) is 16.5. The van der Waals surface area contributed by atoms with Crippen LogP contribution in [0.1, 0.15) is 44.4 Å². The van der Waals surface area contributed by atoms with Crippen molar-refractivity contribution < 1.29 is 4.79 Å². The lowest BCUT2D eigenvalue weighted by molar-refractivity contribution is -0.117. The molecule has 0 radical (unpaired) electrons. The minimum Gasteiger partial charge on any atom is -0.335 e. The smallest absolute Gasteiger partial charge is 0.275 e. The Labute approximate surface area is 173 Å². The van der Waals surface area contributed by atoms with Gasteiger partial charge in [0.1, 0.15) is 6.04 Å². The zero-order valence-corrected chi connectivity index (χ0v) is 17.5. The first-order valence-electron chi connectivity index (χ1n) is 10.2. The highest BCUT2D eigenvalue weighted by molar-refractivity contribution is 7.20. The zero-order chi connectivity index (χ0) is 20.4. The predicted molar refractivity (Wildman–Crippen MR) is 116 cm³/mol. The van der Waals surface area contributed by atoms with Gasteiger partial charge in [-0.25, -0.2) is 4.98 Å². The molecule has 8 heteroatoms. The molecule has 1 fully saturated rings. The van der Waals surface area contributed by atoms with Crippen LogP contribution in [-0.2, 0) is 17.6 Å². The number of amides is 1. The summed E-state index contributed by atoms with van der Waals surface area (Å²) in [5.41, 5.74) is 2.60. The molecule has 0 spiro atoms. The van der Waals surface area contributed by atoms with E-state index in [9.17, 15) is 9.59 Å². The van der Waals surface area contributed by atoms with Crippen LogP contribution in [0.25, 0.3) is 4.96 Å². The van der Waals surface area contributed by atoms with Gasteiger partial charge >= 0.3 is 0 Å². The van der Waals surface area contributed by atoms with E-state index < -0.39 is 0 Å². The van der Waals surface area contributed by atoms with Crippen LogP contribution >= 0.6 is 11.3 Å². The summed E-state index contributed by atoms with van der Waals surface area (Å²) in [7, 11) is 0. The number of aryl methyl sites for hydroxylation is 2. The fourth-order valence-electron chi connectivity index (χ4n) is 3.78. The first-order chi connectivity index (χ1) is 14.1. The third-order valence-electron chi connectivity index (χ3n) is 5.25. The molecule has 1 amide bonds. The SMILES string of the molecule is CCCc1cc(=O)n2nc(N3CCC[C@H]3C(=O)Nc3ccccc3CC)sc2n1. The van der Waals surface area contributed by atoms with E-state index in [1.54, 1.807) is 6.07 Å². The van der Waals surface area contributed by atoms with Crippen LogP contribution in [0.15, 0.2) is 35.1 Å². The molecule has 7 nitrogen and oxygen atoms in total. The van der Waals surface area contributed by atoms with Crippen molar-refractivity contribution in [1.29, 1.82) is 0 Å². The van der Waals surface area contributed by atoms with E-state index in [4.69, 9.17) is 0 Å². The highest BCUT2D eigenvalue weighted by Gasteiger charge is 2.33. The van der Waals surface area contributed by atoms with Gasteiger partial charge in [0, 0.05) is 24.0 Å². The van der Waals surface area contributed by atoms with E-state index in [1.165, 1.54) is 15.9 Å². The average Bonchev–Trinajstić information content (AvgIpc) is 3.35. The standard InChI is InChI=1S/C21H25N5O2S/c1-3-8-15-13-18(27)26-20(22-15)29-21(24-26)25-12-7-11-17(25)19(28)23-16-10-6-5-9-14(16)4-2/h5-6,9-10,13,17H,3-4,7-8,11-12H2,1-2H3,(H,23,28)/t17-/m0/s1. The molecule has 152 valence electrons. The van der Waals surface area contributed by atoms with Crippen molar-refractivity contribution in [1.82, 2.24) is 14.6 Å². The van der Waals surface area contributed by atoms with E-state index in [0.29, 0.717) is 10.1 Å². The summed E-state index contributed by atoms with van der Waals surface area (Å²) in [6.45, 7) is 4.88. The molecule has 3 heterocycles. The number of fused-ring (bicyclic) bond motifs is 1. The summed E-state index contributed by atoms with van der Waals surface area (Å²) >= 11 is 1.37. The Hall–Kier alpha value is -2.74. The third kappa shape index (κ3) is 3.89. The summed E-state index contributed by atoms with van der Waals surface area (Å²) in [5, 5.41) is 8.23. The van der Waals surface area contributed by atoms with E-state index in [0.717, 1.165) is 55.6 Å². The molecule has 4 rings (SSSR count). The van der Waals surface area contributed by atoms with Gasteiger partial charge in [-0.2, -0.15) is 4.52 Å². The molecular weight excluding hydrogens is 386 g/mol. The fraction of sp³-hybridized carbons (Fsp3) is 0.429. The van der Waals surface area contributed by atoms with Crippen LogP contribution in [0.2, 0.25) is 0 Å². The second-order valence-corrected chi connectivity index (χ2v) is 8.20. The fourth-order valence-corrected chi connectivity index (χ4v) is 4.78. The van der Waals surface area contributed by atoms with E-state index in [1.807, 2.05) is 29.2 Å². The maximum atomic E-state index is 13.0. The van der Waals surface area contributed by atoms with Crippen molar-refractivity contribution in [3.05, 3.63) is 51.9 Å². The Morgan fingerprint density at radius 2 is 2.14 bits per heavy atom. The van der Waals surface area contributed by atoms with Gasteiger partial charge < -0.3 is 10.2 Å². The second-order valence-electron chi connectivity index (χ2n) is 7.27. The van der Waals surface area contributed by atoms with Gasteiger partial charge in [-0.3, -0.25) is 9.59 Å². The number of nitrogens with one attached hydrogen (secondary N) is 1. The molecule has 1 saturated heterocycles. The molecule has 1 aliphatic rings. The number of carbonyl (C=O) groups is 1. The summed E-state index contributed by atoms with van der Waals surface area (Å²) < 4.78 is 1.35. The van der Waals surface area contributed by atoms with Crippen molar-refractivity contribution in [2.75, 3.05) is 16.8 Å². The number of rotatable bonds is 6. The molecule has 2 aromatic heterocycles. The molecule has 0 aliphatic carbocycles. The van der Waals surface area contributed by atoms with Crippen molar-refractivity contribution in [3.8, 4) is 0 Å². The monoisotopic (exact) mass is 411 g/mol. The van der Waals surface area contributed by atoms with Crippen LogP contribution in [0.5, 0.6) is 0 Å². The van der Waals surface area contributed by atoms with Gasteiger partial charge in [0.15, 0.2) is 0 Å². The van der Waals surface area contributed by atoms with Crippen LogP contribution in [0.3, 0.4) is 0 Å². The quantitative estimate of drug-likeness (QED) is 0.673. The highest BCUT2D eigenvalue weighted by Crippen LogP contribution is 2.30. The molecule has 1 aromatic carbocycles. The van der Waals surface area contributed by atoms with Gasteiger partial charge in [0.05, 0.1) is 0 Å². The number of nitrogens with zero attached hydrogens (tertiary/aromatic N) is 4. The van der Waals surface area contributed by atoms with Crippen LogP contribution in [-0.4, -0.2) is 33.1 Å². The maximum Gasteiger partial charge on any atom is 0.275 e. The molecule has 1 aliphatic heterocycles. The van der Waals surface area contributed by atoms with E-state index in [2.05, 4.69) is 29.2 Å². The Morgan fingerprint density at radius 1 is 1.31 bits per heavy atom. The number of para-hydroxylation sites is 1. The van der Waals surface area contributed by atoms with Gasteiger partial charge in [0.25, 0.3) is 5.56 Å². The molecule has 29 heavy (non-hydrogen) atoms. The first kappa shape index (κ1) is 19.6. The second kappa shape index (κ2) is 8.32. The molecule has 0 unspecified atom stereocenters. The zero-order valence-electron chi connectivity index (χ0n) is 16.7. The maximum absolute atomic E-state index is 13.0. The highest BCUT2D eigenvalue weighted by atomic mass is 32.1. The van der Waals surface area contributed by atoms with E-state index >= 15 is 0 Å². The molecular formula is C21H25N5O2S. The number of benzene rings is 1. The van der Waals surface area contributed by atoms with Crippen LogP contribution in [0, 0.1) is 0 Å². The lowest BCUT2D eigenvalue weighted by atomic mass is 10.1. The van der Waals surface area contributed by atoms with Gasteiger partial charge in [-0.1, -0.05) is 49.8 Å². The van der Waals surface area contributed by atoms with E-state index in [-0.39, 0.29) is 17.5 Å². The lowest BCUT2D eigenvalue weighted by Crippen LogP contribution is -2.40. The summed E-state index contributed by atoms with van der Waals surface area (Å²) in [4.78, 5) is 32.6. The number of aromatic nitrogens is 3. The summed E-state index contributed by atoms with van der Waals surface area (Å²) in [5.74, 6) is -0.0327. The Bertz CT molecular complexity index is 1090. The number of hydrogen-bond acceptors (Lipinski definition) is 6.